The Hall–Kier alpha value is -1.04. The highest BCUT2D eigenvalue weighted by Crippen LogP contribution is 2.32. The third-order valence-electron chi connectivity index (χ3n) is 2.04. The molecule has 2 aliphatic carbocycles. The Bertz CT molecular complexity index is 272. The van der Waals surface area contributed by atoms with Crippen LogP contribution in [0.5, 0.6) is 0 Å². The van der Waals surface area contributed by atoms with Gasteiger partial charge < -0.3 is 0 Å². The predicted octanol–water partition coefficient (Wildman–Crippen LogP) is 2.76. The third-order valence-corrected chi connectivity index (χ3v) is 2.04. The van der Waals surface area contributed by atoms with E-state index in [1.54, 1.807) is 0 Å². The fourth-order valence-electron chi connectivity index (χ4n) is 1.46. The van der Waals surface area contributed by atoms with Crippen LogP contribution in [0.4, 0.5) is 0 Å². The molecule has 2 rings (SSSR count). The summed E-state index contributed by atoms with van der Waals surface area (Å²) in [6.07, 6.45) is 12.0. The van der Waals surface area contributed by atoms with Crippen molar-refractivity contribution in [1.82, 2.24) is 0 Å². The lowest BCUT2D eigenvalue weighted by Crippen LogP contribution is -1.80. The molecule has 0 amide bonds. The summed E-state index contributed by atoms with van der Waals surface area (Å²) in [5, 5.41) is 0. The van der Waals surface area contributed by atoms with Crippen molar-refractivity contribution in [2.45, 2.75) is 13.3 Å². The Morgan fingerprint density at radius 3 is 2.90 bits per heavy atom. The lowest BCUT2D eigenvalue weighted by Gasteiger charge is -1.99. The normalized spacial score (nSPS) is 20.3. The molecule has 0 aromatic rings. The molecule has 0 radical (unpaired) electrons. The highest BCUT2D eigenvalue weighted by Gasteiger charge is 2.13. The van der Waals surface area contributed by atoms with Gasteiger partial charge in [-0.15, -0.1) is 0 Å². The summed E-state index contributed by atoms with van der Waals surface area (Å²) in [6.45, 7) is 2.20. The van der Waals surface area contributed by atoms with Gasteiger partial charge in [0.2, 0.25) is 0 Å². The van der Waals surface area contributed by atoms with Crippen LogP contribution in [0.15, 0.2) is 47.1 Å². The standard InChI is InChI=1S/C10H10/c1-2-8-6-7-9-4-3-5-10(8)9/h3-7H,2H2,1H3. The van der Waals surface area contributed by atoms with Gasteiger partial charge in [0, 0.05) is 0 Å². The summed E-state index contributed by atoms with van der Waals surface area (Å²) in [6, 6.07) is 0. The van der Waals surface area contributed by atoms with Gasteiger partial charge >= 0.3 is 0 Å². The van der Waals surface area contributed by atoms with Crippen LogP contribution >= 0.6 is 0 Å². The first-order chi connectivity index (χ1) is 4.92. The zero-order chi connectivity index (χ0) is 6.97. The van der Waals surface area contributed by atoms with Gasteiger partial charge in [0.1, 0.15) is 0 Å². The lowest BCUT2D eigenvalue weighted by molar-refractivity contribution is 1.13. The maximum atomic E-state index is 2.21. The van der Waals surface area contributed by atoms with Crippen LogP contribution in [0.25, 0.3) is 0 Å². The summed E-state index contributed by atoms with van der Waals surface area (Å²) in [7, 11) is 0. The molecule has 0 unspecified atom stereocenters. The molecule has 2 aliphatic rings. The van der Waals surface area contributed by atoms with Gasteiger partial charge in [-0.05, 0) is 23.1 Å². The van der Waals surface area contributed by atoms with Gasteiger partial charge in [0.15, 0.2) is 0 Å². The zero-order valence-corrected chi connectivity index (χ0v) is 6.09. The number of hydrogen-bond donors (Lipinski definition) is 0. The predicted molar refractivity (Wildman–Crippen MR) is 43.7 cm³/mol. The molecule has 0 aliphatic heterocycles. The molecule has 10 heavy (non-hydrogen) atoms. The van der Waals surface area contributed by atoms with Gasteiger partial charge in [-0.3, -0.25) is 0 Å². The first-order valence-electron chi connectivity index (χ1n) is 3.72. The van der Waals surface area contributed by atoms with Crippen LogP contribution in [-0.2, 0) is 0 Å². The molecular formula is C10H10. The van der Waals surface area contributed by atoms with Gasteiger partial charge in [0.25, 0.3) is 0 Å². The average molecular weight is 130 g/mol. The van der Waals surface area contributed by atoms with Gasteiger partial charge in [-0.2, -0.15) is 0 Å². The molecule has 0 heterocycles. The van der Waals surface area contributed by atoms with Crippen LogP contribution in [-0.4, -0.2) is 0 Å². The van der Waals surface area contributed by atoms with Crippen molar-refractivity contribution >= 4 is 0 Å². The second kappa shape index (κ2) is 1.98. The van der Waals surface area contributed by atoms with E-state index < -0.39 is 0 Å². The second-order valence-electron chi connectivity index (χ2n) is 2.61. The maximum absolute atomic E-state index is 2.21. The van der Waals surface area contributed by atoms with E-state index in [0.29, 0.717) is 0 Å². The summed E-state index contributed by atoms with van der Waals surface area (Å²) in [4.78, 5) is 0. The van der Waals surface area contributed by atoms with E-state index in [0.717, 1.165) is 6.42 Å². The van der Waals surface area contributed by atoms with Crippen LogP contribution in [0.2, 0.25) is 0 Å². The van der Waals surface area contributed by atoms with Crippen LogP contribution in [0.1, 0.15) is 13.3 Å². The largest absolute Gasteiger partial charge is 0.0613 e. The van der Waals surface area contributed by atoms with E-state index in [-0.39, 0.29) is 0 Å². The van der Waals surface area contributed by atoms with Crippen LogP contribution in [0, 0.1) is 0 Å². The SMILES string of the molecule is CCC1=CC=C2C=CC=C21. The monoisotopic (exact) mass is 130 g/mol. The van der Waals surface area contributed by atoms with E-state index in [4.69, 9.17) is 0 Å². The summed E-state index contributed by atoms with van der Waals surface area (Å²) in [5.74, 6) is 0. The molecule has 0 nitrogen and oxygen atoms in total. The third kappa shape index (κ3) is 0.621. The molecule has 0 spiro atoms. The Balaban J connectivity index is 2.38. The first-order valence-corrected chi connectivity index (χ1v) is 3.72. The minimum absolute atomic E-state index is 1.15. The van der Waals surface area contributed by atoms with E-state index in [2.05, 4.69) is 37.3 Å². The Labute approximate surface area is 61.3 Å². The average Bonchev–Trinajstić information content (AvgIpc) is 2.44. The highest BCUT2D eigenvalue weighted by atomic mass is 14.2. The fraction of sp³-hybridized carbons (Fsp3) is 0.200. The highest BCUT2D eigenvalue weighted by molar-refractivity contribution is 5.63. The van der Waals surface area contributed by atoms with Crippen LogP contribution in [0.3, 0.4) is 0 Å². The molecule has 0 aromatic heterocycles. The Morgan fingerprint density at radius 1 is 1.20 bits per heavy atom. The Morgan fingerprint density at radius 2 is 2.10 bits per heavy atom. The van der Waals surface area contributed by atoms with E-state index >= 15 is 0 Å². The number of hydrogen-bond acceptors (Lipinski definition) is 0. The number of rotatable bonds is 1. The lowest BCUT2D eigenvalue weighted by atomic mass is 10.1. The molecule has 0 saturated carbocycles. The van der Waals surface area contributed by atoms with Crippen molar-refractivity contribution in [3.05, 3.63) is 47.1 Å². The van der Waals surface area contributed by atoms with Gasteiger partial charge in [0.05, 0.1) is 0 Å². The topological polar surface area (TPSA) is 0 Å². The van der Waals surface area contributed by atoms with Crippen molar-refractivity contribution in [3.8, 4) is 0 Å². The Kier molecular flexibility index (Phi) is 1.13. The van der Waals surface area contributed by atoms with E-state index in [1.807, 2.05) is 0 Å². The molecule has 0 heteroatoms. The van der Waals surface area contributed by atoms with Gasteiger partial charge in [-0.25, -0.2) is 0 Å². The van der Waals surface area contributed by atoms with Gasteiger partial charge in [-0.1, -0.05) is 37.3 Å². The maximum Gasteiger partial charge on any atom is -0.0152 e. The zero-order valence-electron chi connectivity index (χ0n) is 6.09. The number of allylic oxidation sites excluding steroid dienone is 8. The quantitative estimate of drug-likeness (QED) is 0.512. The second-order valence-corrected chi connectivity index (χ2v) is 2.61. The van der Waals surface area contributed by atoms with Crippen molar-refractivity contribution in [2.75, 3.05) is 0 Å². The van der Waals surface area contributed by atoms with Crippen molar-refractivity contribution in [2.24, 2.45) is 0 Å². The van der Waals surface area contributed by atoms with E-state index in [9.17, 15) is 0 Å². The molecule has 0 bridgehead atoms. The fourth-order valence-corrected chi connectivity index (χ4v) is 1.46. The summed E-state index contributed by atoms with van der Waals surface area (Å²) >= 11 is 0. The first kappa shape index (κ1) is 5.72. The molecule has 50 valence electrons. The minimum atomic E-state index is 1.15. The number of fused-ring (bicyclic) bond motifs is 1. The van der Waals surface area contributed by atoms with Crippen LogP contribution < -0.4 is 0 Å². The van der Waals surface area contributed by atoms with Crippen molar-refractivity contribution in [3.63, 3.8) is 0 Å². The molecule has 0 aromatic carbocycles. The molecular weight excluding hydrogens is 120 g/mol. The minimum Gasteiger partial charge on any atom is -0.0613 e. The van der Waals surface area contributed by atoms with Crippen molar-refractivity contribution in [1.29, 1.82) is 0 Å². The smallest absolute Gasteiger partial charge is 0.0152 e. The molecule has 0 saturated heterocycles. The molecule has 0 N–H and O–H groups in total. The molecule has 0 fully saturated rings. The summed E-state index contributed by atoms with van der Waals surface area (Å²) < 4.78 is 0. The summed E-state index contributed by atoms with van der Waals surface area (Å²) in [5.41, 5.74) is 4.29. The van der Waals surface area contributed by atoms with E-state index in [1.165, 1.54) is 16.7 Å². The molecule has 0 atom stereocenters. The van der Waals surface area contributed by atoms with Crippen molar-refractivity contribution < 1.29 is 0 Å².